The van der Waals surface area contributed by atoms with Gasteiger partial charge in [0.05, 0.1) is 28.3 Å². The van der Waals surface area contributed by atoms with Crippen LogP contribution in [0, 0.1) is 5.41 Å². The smallest absolute Gasteiger partial charge is 0.401 e. The summed E-state index contributed by atoms with van der Waals surface area (Å²) in [4.78, 5) is 16.7. The number of nitrogens with zero attached hydrogens (tertiary/aromatic N) is 1. The van der Waals surface area contributed by atoms with Crippen molar-refractivity contribution in [2.45, 2.75) is 20.0 Å². The quantitative estimate of drug-likeness (QED) is 0.434. The van der Waals surface area contributed by atoms with Gasteiger partial charge in [0.1, 0.15) is 5.82 Å². The molecule has 30 heavy (non-hydrogen) atoms. The second-order valence-electron chi connectivity index (χ2n) is 6.43. The first-order valence-corrected chi connectivity index (χ1v) is 8.96. The molecule has 2 rings (SSSR count). The van der Waals surface area contributed by atoms with Crippen LogP contribution in [-0.4, -0.2) is 23.1 Å². The van der Waals surface area contributed by atoms with Crippen molar-refractivity contribution in [1.82, 2.24) is 4.98 Å². The second-order valence-corrected chi connectivity index (χ2v) is 6.80. The van der Waals surface area contributed by atoms with Crippen LogP contribution >= 0.6 is 11.6 Å². The fourth-order valence-electron chi connectivity index (χ4n) is 2.38. The van der Waals surface area contributed by atoms with Gasteiger partial charge in [-0.15, -0.1) is 0 Å². The fourth-order valence-corrected chi connectivity index (χ4v) is 2.75. The van der Waals surface area contributed by atoms with Gasteiger partial charge in [-0.1, -0.05) is 11.6 Å². The van der Waals surface area contributed by atoms with Crippen LogP contribution in [-0.2, 0) is 6.18 Å². The lowest BCUT2D eigenvalue weighted by molar-refractivity contribution is -0.137. The normalized spacial score (nSPS) is 12.2. The van der Waals surface area contributed by atoms with Crippen molar-refractivity contribution in [2.24, 2.45) is 11.5 Å². The Morgan fingerprint density at radius 1 is 1.20 bits per heavy atom. The molecule has 2 aromatic rings. The van der Waals surface area contributed by atoms with E-state index < -0.39 is 17.6 Å². The van der Waals surface area contributed by atoms with Crippen molar-refractivity contribution >= 4 is 34.7 Å². The number of hydrogen-bond donors (Lipinski definition) is 5. The molecule has 0 saturated heterocycles. The number of allylic oxidation sites excluding steroid dienone is 1. The molecule has 0 saturated carbocycles. The van der Waals surface area contributed by atoms with Crippen molar-refractivity contribution < 1.29 is 18.0 Å². The van der Waals surface area contributed by atoms with E-state index in [1.54, 1.807) is 6.92 Å². The molecule has 1 heterocycles. The summed E-state index contributed by atoms with van der Waals surface area (Å²) in [6.45, 7) is 3.26. The zero-order chi connectivity index (χ0) is 22.6. The van der Waals surface area contributed by atoms with Crippen LogP contribution in [0.1, 0.15) is 35.3 Å². The Morgan fingerprint density at radius 3 is 2.30 bits per heavy atom. The number of alkyl halides is 3. The number of benzene rings is 1. The molecule has 160 valence electrons. The lowest BCUT2D eigenvalue weighted by Gasteiger charge is -2.15. The molecule has 0 fully saturated rings. The Kier molecular flexibility index (Phi) is 6.93. The number of carbonyl (C=O) groups is 1. The standard InChI is InChI=1S/C19H20ClF3N6O/c1-9(24)14(26)8-28-17-15(10(2)25)16(20)13(7-27-17)18(30)29-12-5-3-11(4-6-12)19(21,22)23/h3-7,25H,8,24,26H2,1-2H3,(H,27,28)(H,29,30)/b14-9-,25-10?. The lowest BCUT2D eigenvalue weighted by atomic mass is 10.1. The summed E-state index contributed by atoms with van der Waals surface area (Å²) in [5, 5.41) is 13.3. The first-order chi connectivity index (χ1) is 13.9. The molecule has 1 aromatic heterocycles. The Bertz CT molecular complexity index is 999. The molecule has 0 aliphatic rings. The third-order valence-corrected chi connectivity index (χ3v) is 4.45. The second kappa shape index (κ2) is 9.04. The van der Waals surface area contributed by atoms with Gasteiger partial charge in [-0.05, 0) is 38.1 Å². The van der Waals surface area contributed by atoms with E-state index in [0.29, 0.717) is 11.4 Å². The summed E-state index contributed by atoms with van der Waals surface area (Å²) in [5.41, 5.74) is 11.7. The highest BCUT2D eigenvalue weighted by Crippen LogP contribution is 2.31. The maximum atomic E-state index is 12.7. The molecule has 7 N–H and O–H groups in total. The number of carbonyl (C=O) groups excluding carboxylic acids is 1. The highest BCUT2D eigenvalue weighted by molar-refractivity contribution is 6.38. The summed E-state index contributed by atoms with van der Waals surface area (Å²) in [7, 11) is 0. The fraction of sp³-hybridized carbons (Fsp3) is 0.211. The molecule has 0 unspecified atom stereocenters. The molecule has 11 heteroatoms. The Morgan fingerprint density at radius 2 is 1.80 bits per heavy atom. The summed E-state index contributed by atoms with van der Waals surface area (Å²) < 4.78 is 38.0. The minimum absolute atomic E-state index is 0.0311. The van der Waals surface area contributed by atoms with E-state index in [2.05, 4.69) is 15.6 Å². The number of rotatable bonds is 6. The van der Waals surface area contributed by atoms with Crippen LogP contribution < -0.4 is 22.1 Å². The monoisotopic (exact) mass is 440 g/mol. The summed E-state index contributed by atoms with van der Waals surface area (Å²) in [5.74, 6) is -0.443. The van der Waals surface area contributed by atoms with Crippen molar-refractivity contribution in [3.8, 4) is 0 Å². The van der Waals surface area contributed by atoms with Crippen molar-refractivity contribution in [1.29, 1.82) is 5.41 Å². The SMILES string of the molecule is CC(=N)c1c(NC/C(N)=C(\C)N)ncc(C(=O)Nc2ccc(C(F)(F)F)cc2)c1Cl. The van der Waals surface area contributed by atoms with Gasteiger partial charge in [0.15, 0.2) is 0 Å². The number of amides is 1. The molecule has 0 atom stereocenters. The number of anilines is 2. The predicted molar refractivity (Wildman–Crippen MR) is 111 cm³/mol. The predicted octanol–water partition coefficient (Wildman–Crippen LogP) is 3.95. The van der Waals surface area contributed by atoms with Gasteiger partial charge in [-0.2, -0.15) is 13.2 Å². The van der Waals surface area contributed by atoms with E-state index in [1.165, 1.54) is 13.1 Å². The van der Waals surface area contributed by atoms with Gasteiger partial charge in [0.25, 0.3) is 5.91 Å². The molecule has 7 nitrogen and oxygen atoms in total. The molecule has 0 aliphatic carbocycles. The Labute approximate surface area is 175 Å². The summed E-state index contributed by atoms with van der Waals surface area (Å²) in [6, 6.07) is 3.97. The van der Waals surface area contributed by atoms with Crippen molar-refractivity contribution in [2.75, 3.05) is 17.2 Å². The van der Waals surface area contributed by atoms with Gasteiger partial charge < -0.3 is 27.5 Å². The number of halogens is 4. The van der Waals surface area contributed by atoms with Crippen LogP contribution in [0.15, 0.2) is 41.9 Å². The summed E-state index contributed by atoms with van der Waals surface area (Å²) in [6.07, 6.45) is -3.28. The molecule has 0 bridgehead atoms. The Hall–Kier alpha value is -3.27. The molecule has 1 aromatic carbocycles. The van der Waals surface area contributed by atoms with Crippen molar-refractivity contribution in [3.63, 3.8) is 0 Å². The number of nitrogens with two attached hydrogens (primary N) is 2. The molecular formula is C19H20ClF3N6O. The van der Waals surface area contributed by atoms with Crippen LogP contribution in [0.2, 0.25) is 5.02 Å². The third kappa shape index (κ3) is 5.41. The first-order valence-electron chi connectivity index (χ1n) is 8.59. The number of pyridine rings is 1. The molecular weight excluding hydrogens is 421 g/mol. The average Bonchev–Trinajstić information content (AvgIpc) is 2.65. The van der Waals surface area contributed by atoms with E-state index in [-0.39, 0.29) is 39.9 Å². The van der Waals surface area contributed by atoms with E-state index >= 15 is 0 Å². The van der Waals surface area contributed by atoms with E-state index in [9.17, 15) is 18.0 Å². The zero-order valence-electron chi connectivity index (χ0n) is 16.1. The number of hydrogen-bond acceptors (Lipinski definition) is 6. The minimum Gasteiger partial charge on any atom is -0.401 e. The van der Waals surface area contributed by atoms with Crippen LogP contribution in [0.4, 0.5) is 24.7 Å². The maximum absolute atomic E-state index is 12.7. The zero-order valence-corrected chi connectivity index (χ0v) is 16.9. The van der Waals surface area contributed by atoms with Gasteiger partial charge in [0, 0.05) is 29.0 Å². The van der Waals surface area contributed by atoms with Gasteiger partial charge in [-0.3, -0.25) is 4.79 Å². The van der Waals surface area contributed by atoms with Gasteiger partial charge in [-0.25, -0.2) is 4.98 Å². The van der Waals surface area contributed by atoms with Crippen LogP contribution in [0.5, 0.6) is 0 Å². The minimum atomic E-state index is -4.48. The number of aromatic nitrogens is 1. The van der Waals surface area contributed by atoms with Crippen LogP contribution in [0.25, 0.3) is 0 Å². The maximum Gasteiger partial charge on any atom is 0.416 e. The van der Waals surface area contributed by atoms with Crippen molar-refractivity contribution in [3.05, 3.63) is 63.6 Å². The largest absolute Gasteiger partial charge is 0.416 e. The molecule has 1 amide bonds. The van der Waals surface area contributed by atoms with E-state index in [4.69, 9.17) is 28.5 Å². The van der Waals surface area contributed by atoms with E-state index in [0.717, 1.165) is 24.3 Å². The highest BCUT2D eigenvalue weighted by atomic mass is 35.5. The molecule has 0 radical (unpaired) electrons. The van der Waals surface area contributed by atoms with E-state index in [1.807, 2.05) is 0 Å². The Balaban J connectivity index is 2.29. The number of nitrogens with one attached hydrogen (secondary N) is 3. The highest BCUT2D eigenvalue weighted by Gasteiger charge is 2.30. The molecule has 0 spiro atoms. The topological polar surface area (TPSA) is 130 Å². The van der Waals surface area contributed by atoms with Gasteiger partial charge in [0.2, 0.25) is 0 Å². The lowest BCUT2D eigenvalue weighted by Crippen LogP contribution is -2.20. The molecule has 0 aliphatic heterocycles. The summed E-state index contributed by atoms with van der Waals surface area (Å²) >= 11 is 6.33. The average molecular weight is 441 g/mol. The third-order valence-electron chi connectivity index (χ3n) is 4.06. The first kappa shape index (κ1) is 23.0. The van der Waals surface area contributed by atoms with Gasteiger partial charge >= 0.3 is 6.18 Å². The van der Waals surface area contributed by atoms with Crippen LogP contribution in [0.3, 0.4) is 0 Å².